The van der Waals surface area contributed by atoms with Gasteiger partial charge in [0.25, 0.3) is 10.0 Å². The largest absolute Gasteiger partial charge is 0.479 e. The van der Waals surface area contributed by atoms with E-state index in [0.29, 0.717) is 5.69 Å². The Labute approximate surface area is 116 Å². The number of rotatable bonds is 5. The lowest BCUT2D eigenvalue weighted by Crippen LogP contribution is -2.40. The number of hydrogen-bond donors (Lipinski definition) is 1. The van der Waals surface area contributed by atoms with Crippen molar-refractivity contribution in [2.75, 3.05) is 18.1 Å². The molecule has 1 aliphatic rings. The molecule has 0 saturated heterocycles. The highest BCUT2D eigenvalue weighted by atomic mass is 32.2. The number of ether oxygens (including phenoxy) is 1. The number of fused-ring (bicyclic) bond motifs is 1. The van der Waals surface area contributed by atoms with Gasteiger partial charge in [-0.05, 0) is 19.1 Å². The highest BCUT2D eigenvalue weighted by Crippen LogP contribution is 2.29. The second kappa shape index (κ2) is 5.59. The van der Waals surface area contributed by atoms with Crippen molar-refractivity contribution in [3.63, 3.8) is 0 Å². The molecule has 1 atom stereocenters. The zero-order chi connectivity index (χ0) is 14.8. The molecular formula is C12H14N2O5S. The van der Waals surface area contributed by atoms with Crippen molar-refractivity contribution in [3.8, 4) is 0 Å². The molecule has 0 aromatic heterocycles. The second-order valence-electron chi connectivity index (χ2n) is 4.10. The molecule has 0 fully saturated rings. The average molecular weight is 298 g/mol. The molecule has 2 rings (SSSR count). The van der Waals surface area contributed by atoms with Gasteiger partial charge >= 0.3 is 5.97 Å². The van der Waals surface area contributed by atoms with Gasteiger partial charge in [-0.25, -0.2) is 4.79 Å². The molecule has 0 amide bonds. The van der Waals surface area contributed by atoms with Crippen molar-refractivity contribution < 1.29 is 23.1 Å². The molecule has 0 spiro atoms. The Bertz CT molecular complexity index is 641. The Kier molecular flexibility index (Phi) is 4.05. The van der Waals surface area contributed by atoms with E-state index in [1.807, 2.05) is 0 Å². The van der Waals surface area contributed by atoms with Gasteiger partial charge in [0, 0.05) is 6.61 Å². The first-order chi connectivity index (χ1) is 9.45. The predicted molar refractivity (Wildman–Crippen MR) is 72.5 cm³/mol. The maximum Gasteiger partial charge on any atom is 0.334 e. The fourth-order valence-electron chi connectivity index (χ4n) is 1.88. The monoisotopic (exact) mass is 298 g/mol. The van der Waals surface area contributed by atoms with E-state index in [1.165, 1.54) is 11.0 Å². The predicted octanol–water partition coefficient (Wildman–Crippen LogP) is 0.713. The van der Waals surface area contributed by atoms with Crippen LogP contribution in [0.2, 0.25) is 0 Å². The van der Waals surface area contributed by atoms with Crippen LogP contribution in [0.3, 0.4) is 0 Å². The number of carboxylic acid groups (broad SMARTS) is 1. The third-order valence-corrected chi connectivity index (χ3v) is 4.06. The summed E-state index contributed by atoms with van der Waals surface area (Å²) >= 11 is 0. The topological polar surface area (TPSA) is 96.3 Å². The molecule has 7 nitrogen and oxygen atoms in total. The van der Waals surface area contributed by atoms with Gasteiger partial charge in [0.2, 0.25) is 0 Å². The molecule has 1 aliphatic heterocycles. The number of para-hydroxylation sites is 1. The Balaban J connectivity index is 2.33. The van der Waals surface area contributed by atoms with Crippen LogP contribution in [0.5, 0.6) is 0 Å². The minimum Gasteiger partial charge on any atom is -0.479 e. The Hall–Kier alpha value is -1.93. The van der Waals surface area contributed by atoms with Crippen LogP contribution in [-0.2, 0) is 19.6 Å². The van der Waals surface area contributed by atoms with Gasteiger partial charge in [-0.1, -0.05) is 12.1 Å². The van der Waals surface area contributed by atoms with Crippen molar-refractivity contribution in [2.45, 2.75) is 17.9 Å². The van der Waals surface area contributed by atoms with Gasteiger partial charge in [0.15, 0.2) is 6.10 Å². The molecule has 1 N–H and O–H groups in total. The molecule has 20 heavy (non-hydrogen) atoms. The molecule has 0 radical (unpaired) electrons. The summed E-state index contributed by atoms with van der Waals surface area (Å²) in [5.41, 5.74) is 0.397. The molecule has 8 heteroatoms. The van der Waals surface area contributed by atoms with Crippen LogP contribution in [0.25, 0.3) is 0 Å². The van der Waals surface area contributed by atoms with Gasteiger partial charge in [-0.2, -0.15) is 8.42 Å². The van der Waals surface area contributed by atoms with Crippen molar-refractivity contribution in [1.82, 2.24) is 0 Å². The van der Waals surface area contributed by atoms with Crippen LogP contribution in [0.15, 0.2) is 33.6 Å². The van der Waals surface area contributed by atoms with Crippen molar-refractivity contribution in [3.05, 3.63) is 24.3 Å². The van der Waals surface area contributed by atoms with E-state index in [-0.39, 0.29) is 18.0 Å². The van der Waals surface area contributed by atoms with E-state index in [2.05, 4.69) is 4.40 Å². The molecule has 1 heterocycles. The summed E-state index contributed by atoms with van der Waals surface area (Å²) < 4.78 is 32.2. The minimum absolute atomic E-state index is 0.0147. The summed E-state index contributed by atoms with van der Waals surface area (Å²) in [5, 5.41) is 9.07. The Morgan fingerprint density at radius 3 is 2.80 bits per heavy atom. The first-order valence-corrected chi connectivity index (χ1v) is 7.40. The molecule has 1 aromatic carbocycles. The summed E-state index contributed by atoms with van der Waals surface area (Å²) in [6.45, 7) is 1.93. The van der Waals surface area contributed by atoms with E-state index >= 15 is 0 Å². The number of nitrogens with zero attached hydrogens (tertiary/aromatic N) is 2. The van der Waals surface area contributed by atoms with Crippen LogP contribution in [0, 0.1) is 0 Å². The standard InChI is InChI=1S/C12H14N2O5S/c1-2-19-10(12(15)16)7-14-8-13-20(17,18)11-6-4-3-5-9(11)14/h3-6,8,10H,2,7H2,1H3,(H,15,16). The normalized spacial score (nSPS) is 17.6. The van der Waals surface area contributed by atoms with Crippen LogP contribution in [-0.4, -0.2) is 45.1 Å². The number of sulfonamides is 1. The highest BCUT2D eigenvalue weighted by Gasteiger charge is 2.28. The van der Waals surface area contributed by atoms with E-state index in [0.717, 1.165) is 6.34 Å². The maximum atomic E-state index is 11.8. The van der Waals surface area contributed by atoms with Crippen LogP contribution in [0.1, 0.15) is 6.92 Å². The summed E-state index contributed by atoms with van der Waals surface area (Å²) in [5.74, 6) is -1.11. The SMILES string of the molecule is CCOC(CN1C=NS(=O)(=O)c2ccccc21)C(=O)O. The molecule has 0 aliphatic carbocycles. The van der Waals surface area contributed by atoms with E-state index < -0.39 is 22.1 Å². The zero-order valence-electron chi connectivity index (χ0n) is 10.8. The quantitative estimate of drug-likeness (QED) is 0.860. The number of carboxylic acids is 1. The van der Waals surface area contributed by atoms with E-state index in [4.69, 9.17) is 9.84 Å². The lowest BCUT2D eigenvalue weighted by atomic mass is 10.2. The smallest absolute Gasteiger partial charge is 0.334 e. The zero-order valence-corrected chi connectivity index (χ0v) is 11.6. The molecule has 1 aromatic rings. The van der Waals surface area contributed by atoms with Gasteiger partial charge in [-0.15, -0.1) is 4.40 Å². The summed E-state index contributed by atoms with van der Waals surface area (Å²) in [7, 11) is -3.70. The Morgan fingerprint density at radius 2 is 2.15 bits per heavy atom. The summed E-state index contributed by atoms with van der Waals surface area (Å²) in [6.07, 6.45) is 0.0624. The van der Waals surface area contributed by atoms with Gasteiger partial charge < -0.3 is 14.7 Å². The number of hydrogen-bond acceptors (Lipinski definition) is 5. The summed E-state index contributed by atoms with van der Waals surface area (Å²) in [6, 6.07) is 6.30. The third kappa shape index (κ3) is 2.81. The number of benzene rings is 1. The van der Waals surface area contributed by atoms with Crippen LogP contribution >= 0.6 is 0 Å². The first-order valence-electron chi connectivity index (χ1n) is 5.96. The summed E-state index contributed by atoms with van der Waals surface area (Å²) in [4.78, 5) is 12.6. The molecule has 1 unspecified atom stereocenters. The molecule has 0 saturated carbocycles. The fraction of sp³-hybridized carbons (Fsp3) is 0.333. The molecule has 108 valence electrons. The maximum absolute atomic E-state index is 11.8. The van der Waals surface area contributed by atoms with Crippen molar-refractivity contribution in [2.24, 2.45) is 4.40 Å². The first kappa shape index (κ1) is 14.5. The minimum atomic E-state index is -3.70. The number of aliphatic carboxylic acids is 1. The number of anilines is 1. The highest BCUT2D eigenvalue weighted by molar-refractivity contribution is 7.90. The molecule has 0 bridgehead atoms. The lowest BCUT2D eigenvalue weighted by Gasteiger charge is -2.27. The van der Waals surface area contributed by atoms with Crippen LogP contribution < -0.4 is 4.90 Å². The van der Waals surface area contributed by atoms with Gasteiger partial charge in [0.1, 0.15) is 11.2 Å². The van der Waals surface area contributed by atoms with Crippen molar-refractivity contribution in [1.29, 1.82) is 0 Å². The lowest BCUT2D eigenvalue weighted by molar-refractivity contribution is -0.149. The van der Waals surface area contributed by atoms with Crippen molar-refractivity contribution >= 4 is 28.0 Å². The van der Waals surface area contributed by atoms with E-state index in [9.17, 15) is 13.2 Å². The van der Waals surface area contributed by atoms with Crippen LogP contribution in [0.4, 0.5) is 5.69 Å². The second-order valence-corrected chi connectivity index (χ2v) is 5.70. The third-order valence-electron chi connectivity index (χ3n) is 2.78. The number of carbonyl (C=O) groups is 1. The van der Waals surface area contributed by atoms with Gasteiger partial charge in [-0.3, -0.25) is 0 Å². The Morgan fingerprint density at radius 1 is 1.45 bits per heavy atom. The fourth-order valence-corrected chi connectivity index (χ4v) is 2.93. The van der Waals surface area contributed by atoms with E-state index in [1.54, 1.807) is 25.1 Å². The molecular weight excluding hydrogens is 284 g/mol. The average Bonchev–Trinajstić information content (AvgIpc) is 2.41. The van der Waals surface area contributed by atoms with Gasteiger partial charge in [0.05, 0.1) is 12.2 Å².